The van der Waals surface area contributed by atoms with Gasteiger partial charge in [0.2, 0.25) is 0 Å². The number of nitrogens with zero attached hydrogens (tertiary/aromatic N) is 3. The van der Waals surface area contributed by atoms with Gasteiger partial charge in [-0.15, -0.1) is 0 Å². The minimum atomic E-state index is -0.780. The molecule has 252 valence electrons. The number of hydrogen-bond acceptors (Lipinski definition) is 3. The highest BCUT2D eigenvalue weighted by Gasteiger charge is 2.18. The standard InChI is InChI=1S/C51H33N3/c1-3-16-34(17-4-1)39-22-7-13-28-46(39)50-52-49(53-51(54-50)47-29-14-8-23-40(47)35-18-5-2-6-19-35)38-21-15-20-36(32-38)37-30-31-45-43-26-10-9-24-41(43)42-25-11-12-27-44(42)48(45)33-37/h1-33H/i9D,10D,11D,12D,15D,20D,21D,24D,25D,26D,27D,30D,31D,32D,33D. The van der Waals surface area contributed by atoms with Crippen LogP contribution in [0, 0.1) is 0 Å². The summed E-state index contributed by atoms with van der Waals surface area (Å²) in [6.07, 6.45) is 0. The first-order valence-electron chi connectivity index (χ1n) is 24.6. The first kappa shape index (κ1) is 19.6. The molecular weight excluding hydrogens is 655 g/mol. The summed E-state index contributed by atoms with van der Waals surface area (Å²) in [5.74, 6) is 0.0207. The summed E-state index contributed by atoms with van der Waals surface area (Å²) in [7, 11) is 0. The number of fused-ring (bicyclic) bond motifs is 6. The lowest BCUT2D eigenvalue weighted by Crippen LogP contribution is -2.02. The smallest absolute Gasteiger partial charge is 0.164 e. The van der Waals surface area contributed by atoms with Gasteiger partial charge >= 0.3 is 0 Å². The summed E-state index contributed by atoms with van der Waals surface area (Å²) >= 11 is 0. The number of benzene rings is 9. The molecule has 0 aliphatic heterocycles. The van der Waals surface area contributed by atoms with Crippen molar-refractivity contribution in [1.82, 2.24) is 15.0 Å². The first-order valence-corrected chi connectivity index (χ1v) is 17.1. The van der Waals surface area contributed by atoms with Crippen molar-refractivity contribution in [2.75, 3.05) is 0 Å². The van der Waals surface area contributed by atoms with E-state index in [1.54, 1.807) is 0 Å². The van der Waals surface area contributed by atoms with Crippen molar-refractivity contribution in [3.05, 3.63) is 200 Å². The molecule has 1 aromatic heterocycles. The van der Waals surface area contributed by atoms with Gasteiger partial charge in [0, 0.05) is 16.7 Å². The molecule has 0 atom stereocenters. The zero-order valence-corrected chi connectivity index (χ0v) is 28.2. The second kappa shape index (κ2) is 13.4. The molecule has 0 spiro atoms. The van der Waals surface area contributed by atoms with Crippen molar-refractivity contribution in [3.63, 3.8) is 0 Å². The van der Waals surface area contributed by atoms with Crippen LogP contribution in [0.15, 0.2) is 200 Å². The van der Waals surface area contributed by atoms with Gasteiger partial charge in [0.1, 0.15) is 0 Å². The van der Waals surface area contributed by atoms with Crippen molar-refractivity contribution in [3.8, 4) is 67.5 Å². The third-order valence-corrected chi connectivity index (χ3v) is 9.18. The Labute approximate surface area is 335 Å². The fourth-order valence-corrected chi connectivity index (χ4v) is 6.69. The van der Waals surface area contributed by atoms with E-state index >= 15 is 0 Å². The van der Waals surface area contributed by atoms with E-state index in [0.29, 0.717) is 11.1 Å². The Morgan fingerprint density at radius 3 is 1.22 bits per heavy atom. The van der Waals surface area contributed by atoms with Crippen molar-refractivity contribution >= 4 is 32.3 Å². The largest absolute Gasteiger partial charge is 0.208 e. The van der Waals surface area contributed by atoms with Crippen molar-refractivity contribution in [2.45, 2.75) is 0 Å². The molecule has 9 aromatic carbocycles. The van der Waals surface area contributed by atoms with Gasteiger partial charge in [-0.05, 0) is 77.8 Å². The highest BCUT2D eigenvalue weighted by Crippen LogP contribution is 2.39. The van der Waals surface area contributed by atoms with Gasteiger partial charge in [-0.25, -0.2) is 15.0 Å². The maximum absolute atomic E-state index is 9.85. The van der Waals surface area contributed by atoms with Crippen LogP contribution in [0.25, 0.3) is 99.9 Å². The Morgan fingerprint density at radius 2 is 0.685 bits per heavy atom. The van der Waals surface area contributed by atoms with Crippen LogP contribution in [0.4, 0.5) is 0 Å². The Morgan fingerprint density at radius 1 is 0.278 bits per heavy atom. The second-order valence-corrected chi connectivity index (χ2v) is 12.4. The molecule has 0 saturated heterocycles. The van der Waals surface area contributed by atoms with E-state index in [0.717, 1.165) is 22.3 Å². The summed E-state index contributed by atoms with van der Waals surface area (Å²) in [5.41, 5.74) is 2.82. The second-order valence-electron chi connectivity index (χ2n) is 12.4. The van der Waals surface area contributed by atoms with E-state index in [1.165, 1.54) is 0 Å². The first-order chi connectivity index (χ1) is 33.0. The van der Waals surface area contributed by atoms with Crippen LogP contribution in [0.2, 0.25) is 0 Å². The summed E-state index contributed by atoms with van der Waals surface area (Å²) in [6, 6.07) is 23.2. The molecule has 0 unspecified atom stereocenters. The van der Waals surface area contributed by atoms with E-state index in [9.17, 15) is 9.60 Å². The zero-order chi connectivity index (χ0) is 48.9. The van der Waals surface area contributed by atoms with E-state index in [4.69, 9.17) is 25.9 Å². The minimum Gasteiger partial charge on any atom is -0.208 e. The average Bonchev–Trinajstić information content (AvgIpc) is 3.37. The normalized spacial score (nSPS) is 15.2. The van der Waals surface area contributed by atoms with Crippen LogP contribution >= 0.6 is 0 Å². The Balaban J connectivity index is 1.33. The average molecular weight is 703 g/mol. The van der Waals surface area contributed by atoms with Crippen LogP contribution in [-0.2, 0) is 0 Å². The molecule has 0 saturated carbocycles. The fourth-order valence-electron chi connectivity index (χ4n) is 6.69. The molecule has 3 heteroatoms. The van der Waals surface area contributed by atoms with Gasteiger partial charge in [-0.3, -0.25) is 0 Å². The Hall–Kier alpha value is -7.23. The predicted molar refractivity (Wildman–Crippen MR) is 225 cm³/mol. The van der Waals surface area contributed by atoms with Crippen LogP contribution in [0.1, 0.15) is 20.6 Å². The predicted octanol–water partition coefficient (Wildman–Crippen LogP) is 13.3. The highest BCUT2D eigenvalue weighted by molar-refractivity contribution is 6.25. The lowest BCUT2D eigenvalue weighted by molar-refractivity contribution is 1.07. The molecule has 0 aliphatic carbocycles. The molecule has 0 bridgehead atoms. The molecule has 0 fully saturated rings. The van der Waals surface area contributed by atoms with E-state index in [2.05, 4.69) is 0 Å². The highest BCUT2D eigenvalue weighted by atomic mass is 15.0. The van der Waals surface area contributed by atoms with Gasteiger partial charge in [0.15, 0.2) is 17.5 Å². The van der Waals surface area contributed by atoms with Crippen LogP contribution < -0.4 is 0 Å². The van der Waals surface area contributed by atoms with Crippen molar-refractivity contribution < 1.29 is 20.6 Å². The molecule has 3 nitrogen and oxygen atoms in total. The van der Waals surface area contributed by atoms with Crippen LogP contribution in [0.3, 0.4) is 0 Å². The molecule has 0 N–H and O–H groups in total. The lowest BCUT2D eigenvalue weighted by atomic mass is 9.92. The molecule has 1 heterocycles. The van der Waals surface area contributed by atoms with Crippen LogP contribution in [-0.4, -0.2) is 15.0 Å². The summed E-state index contributed by atoms with van der Waals surface area (Å²) in [6.45, 7) is 0. The minimum absolute atomic E-state index is 0.137. The van der Waals surface area contributed by atoms with E-state index in [1.807, 2.05) is 109 Å². The van der Waals surface area contributed by atoms with Crippen molar-refractivity contribution in [1.29, 1.82) is 0 Å². The molecule has 0 amide bonds. The monoisotopic (exact) mass is 702 g/mol. The SMILES string of the molecule is [2H]c1c([2H])c(-c2nc(-c3ccccc3-c3ccccc3)nc(-c3ccccc3-c3ccccc3)n2)c([2H])c(-c2c([2H])c([2H])c3c4c([2H])c([2H])c([2H])c([2H])c4c4c([2H])c([2H])c([2H])c([2H])c4c3c2[2H])c1[2H]. The summed E-state index contributed by atoms with van der Waals surface area (Å²) in [4.78, 5) is 14.8. The third-order valence-electron chi connectivity index (χ3n) is 9.18. The zero-order valence-electron chi connectivity index (χ0n) is 43.2. The summed E-state index contributed by atoms with van der Waals surface area (Å²) < 4.78 is 136. The molecule has 54 heavy (non-hydrogen) atoms. The number of aromatic nitrogens is 3. The maximum atomic E-state index is 9.85. The summed E-state index contributed by atoms with van der Waals surface area (Å²) in [5, 5.41) is -2.20. The molecule has 10 aromatic rings. The number of hydrogen-bond donors (Lipinski definition) is 0. The lowest BCUT2D eigenvalue weighted by Gasteiger charge is -2.14. The third kappa shape index (κ3) is 5.60. The Bertz CT molecular complexity index is 3700. The molecule has 10 rings (SSSR count). The Kier molecular flexibility index (Phi) is 4.85. The van der Waals surface area contributed by atoms with Gasteiger partial charge in [0.05, 0.1) is 20.6 Å². The quantitative estimate of drug-likeness (QED) is 0.162. The molecule has 0 radical (unpaired) electrons. The molecule has 0 aliphatic rings. The van der Waals surface area contributed by atoms with E-state index < -0.39 is 107 Å². The molecular formula is C51H33N3. The maximum Gasteiger partial charge on any atom is 0.164 e. The number of rotatable bonds is 6. The van der Waals surface area contributed by atoms with Crippen LogP contribution in [0.5, 0.6) is 0 Å². The van der Waals surface area contributed by atoms with Gasteiger partial charge in [0.25, 0.3) is 0 Å². The topological polar surface area (TPSA) is 38.7 Å². The van der Waals surface area contributed by atoms with Gasteiger partial charge < -0.3 is 0 Å². The fraction of sp³-hybridized carbons (Fsp3) is 0. The van der Waals surface area contributed by atoms with Gasteiger partial charge in [-0.2, -0.15) is 0 Å². The van der Waals surface area contributed by atoms with E-state index in [-0.39, 0.29) is 50.0 Å². The van der Waals surface area contributed by atoms with Gasteiger partial charge in [-0.1, -0.05) is 188 Å². The van der Waals surface area contributed by atoms with Crippen molar-refractivity contribution in [2.24, 2.45) is 0 Å².